The molecule has 7 nitrogen and oxygen atoms in total. The Morgan fingerprint density at radius 2 is 1.83 bits per heavy atom. The first-order chi connectivity index (χ1) is 11.0. The van der Waals surface area contributed by atoms with E-state index in [-0.39, 0.29) is 16.5 Å². The van der Waals surface area contributed by atoms with Crippen molar-refractivity contribution in [3.8, 4) is 5.75 Å². The molecule has 0 radical (unpaired) electrons. The van der Waals surface area contributed by atoms with Crippen LogP contribution in [-0.2, 0) is 10.0 Å². The number of sulfonamides is 1. The molecule has 0 aliphatic carbocycles. The van der Waals surface area contributed by atoms with Gasteiger partial charge in [-0.3, -0.25) is 4.72 Å². The predicted octanol–water partition coefficient (Wildman–Crippen LogP) is 2.42. The van der Waals surface area contributed by atoms with E-state index < -0.39 is 10.0 Å². The predicted molar refractivity (Wildman–Crippen MR) is 89.4 cm³/mol. The van der Waals surface area contributed by atoms with E-state index in [0.717, 1.165) is 18.5 Å². The molecule has 124 valence electrons. The van der Waals surface area contributed by atoms with Gasteiger partial charge in [0.05, 0.1) is 7.11 Å². The minimum absolute atomic E-state index is 0.0648. The standard InChI is InChI=1S/C15H20N4O3S/c1-4-9-16-14-7-8-15(18-17-14)19-23(20,21)13-10-11(2)5-6-12(13)22-3/h5-8,10H,4,9H2,1-3H3,(H,16,17)(H,18,19). The van der Waals surface area contributed by atoms with Crippen LogP contribution in [0.15, 0.2) is 35.2 Å². The molecule has 2 N–H and O–H groups in total. The Kier molecular flexibility index (Phi) is 5.38. The average molecular weight is 336 g/mol. The second-order valence-electron chi connectivity index (χ2n) is 4.99. The smallest absolute Gasteiger partial charge is 0.266 e. The number of hydrogen-bond acceptors (Lipinski definition) is 6. The van der Waals surface area contributed by atoms with E-state index in [2.05, 4.69) is 20.2 Å². The van der Waals surface area contributed by atoms with Gasteiger partial charge in [-0.05, 0) is 43.2 Å². The summed E-state index contributed by atoms with van der Waals surface area (Å²) < 4.78 is 32.6. The number of rotatable bonds is 7. The highest BCUT2D eigenvalue weighted by Gasteiger charge is 2.20. The number of benzene rings is 1. The van der Waals surface area contributed by atoms with Gasteiger partial charge in [0.15, 0.2) is 5.82 Å². The molecule has 23 heavy (non-hydrogen) atoms. The minimum atomic E-state index is -3.81. The van der Waals surface area contributed by atoms with Crippen LogP contribution in [0.3, 0.4) is 0 Å². The lowest BCUT2D eigenvalue weighted by Gasteiger charge is -2.11. The third-order valence-electron chi connectivity index (χ3n) is 3.07. The molecule has 0 saturated heterocycles. The number of hydrogen-bond donors (Lipinski definition) is 2. The van der Waals surface area contributed by atoms with Crippen molar-refractivity contribution in [2.24, 2.45) is 0 Å². The molecule has 2 aromatic rings. The molecular formula is C15H20N4O3S. The van der Waals surface area contributed by atoms with Gasteiger partial charge < -0.3 is 10.1 Å². The van der Waals surface area contributed by atoms with Gasteiger partial charge in [-0.25, -0.2) is 8.42 Å². The maximum atomic E-state index is 12.5. The third-order valence-corrected chi connectivity index (χ3v) is 4.44. The first kappa shape index (κ1) is 17.0. The van der Waals surface area contributed by atoms with Crippen LogP contribution in [0, 0.1) is 6.92 Å². The Bertz CT molecular complexity index is 761. The van der Waals surface area contributed by atoms with Crippen molar-refractivity contribution in [3.63, 3.8) is 0 Å². The zero-order valence-electron chi connectivity index (χ0n) is 13.3. The molecule has 0 fully saturated rings. The van der Waals surface area contributed by atoms with E-state index in [9.17, 15) is 8.42 Å². The van der Waals surface area contributed by atoms with Crippen LogP contribution < -0.4 is 14.8 Å². The summed E-state index contributed by atoms with van der Waals surface area (Å²) in [4.78, 5) is 0.0648. The zero-order valence-corrected chi connectivity index (χ0v) is 14.1. The van der Waals surface area contributed by atoms with Crippen molar-refractivity contribution in [1.29, 1.82) is 0 Å². The highest BCUT2D eigenvalue weighted by molar-refractivity contribution is 7.92. The molecule has 0 amide bonds. The molecule has 1 heterocycles. The van der Waals surface area contributed by atoms with E-state index in [4.69, 9.17) is 4.74 Å². The van der Waals surface area contributed by atoms with Crippen LogP contribution in [0.2, 0.25) is 0 Å². The van der Waals surface area contributed by atoms with Gasteiger partial charge in [-0.1, -0.05) is 13.0 Å². The molecule has 2 rings (SSSR count). The largest absolute Gasteiger partial charge is 0.495 e. The van der Waals surface area contributed by atoms with Gasteiger partial charge in [0.25, 0.3) is 10.0 Å². The van der Waals surface area contributed by atoms with Crippen molar-refractivity contribution >= 4 is 21.7 Å². The summed E-state index contributed by atoms with van der Waals surface area (Å²) in [5.41, 5.74) is 0.816. The van der Waals surface area contributed by atoms with Gasteiger partial charge in [-0.15, -0.1) is 10.2 Å². The fourth-order valence-electron chi connectivity index (χ4n) is 1.92. The van der Waals surface area contributed by atoms with Crippen LogP contribution in [-0.4, -0.2) is 32.3 Å². The quantitative estimate of drug-likeness (QED) is 0.806. The van der Waals surface area contributed by atoms with E-state index in [1.807, 2.05) is 13.8 Å². The first-order valence-corrected chi connectivity index (χ1v) is 8.69. The Labute approximate surface area is 136 Å². The Balaban J connectivity index is 2.23. The average Bonchev–Trinajstić information content (AvgIpc) is 2.54. The topological polar surface area (TPSA) is 93.2 Å². The number of aromatic nitrogens is 2. The number of nitrogens with one attached hydrogen (secondary N) is 2. The summed E-state index contributed by atoms with van der Waals surface area (Å²) >= 11 is 0. The molecule has 8 heteroatoms. The van der Waals surface area contributed by atoms with Gasteiger partial charge >= 0.3 is 0 Å². The molecule has 0 saturated carbocycles. The van der Waals surface area contributed by atoms with Gasteiger partial charge in [0, 0.05) is 6.54 Å². The highest BCUT2D eigenvalue weighted by Crippen LogP contribution is 2.26. The maximum absolute atomic E-state index is 12.5. The lowest BCUT2D eigenvalue weighted by atomic mass is 10.2. The van der Waals surface area contributed by atoms with Crippen molar-refractivity contribution < 1.29 is 13.2 Å². The third kappa shape index (κ3) is 4.32. The van der Waals surface area contributed by atoms with E-state index >= 15 is 0 Å². The number of anilines is 2. The fraction of sp³-hybridized carbons (Fsp3) is 0.333. The van der Waals surface area contributed by atoms with Crippen molar-refractivity contribution in [2.75, 3.05) is 23.7 Å². The van der Waals surface area contributed by atoms with E-state index in [1.165, 1.54) is 7.11 Å². The second kappa shape index (κ2) is 7.28. The number of ether oxygens (including phenoxy) is 1. The number of aryl methyl sites for hydroxylation is 1. The Hall–Kier alpha value is -2.35. The Morgan fingerprint density at radius 1 is 1.13 bits per heavy atom. The number of methoxy groups -OCH3 is 1. The first-order valence-electron chi connectivity index (χ1n) is 7.21. The molecule has 1 aromatic heterocycles. The molecule has 0 aliphatic heterocycles. The number of nitrogens with zero attached hydrogens (tertiary/aromatic N) is 2. The van der Waals surface area contributed by atoms with Gasteiger partial charge in [0.1, 0.15) is 16.5 Å². The summed E-state index contributed by atoms with van der Waals surface area (Å²) in [6.07, 6.45) is 0.962. The van der Waals surface area contributed by atoms with Crippen molar-refractivity contribution in [2.45, 2.75) is 25.2 Å². The monoisotopic (exact) mass is 336 g/mol. The summed E-state index contributed by atoms with van der Waals surface area (Å²) in [6.45, 7) is 4.63. The van der Waals surface area contributed by atoms with Crippen LogP contribution in [0.5, 0.6) is 5.75 Å². The highest BCUT2D eigenvalue weighted by atomic mass is 32.2. The summed E-state index contributed by atoms with van der Waals surface area (Å²) in [5, 5.41) is 10.9. The fourth-order valence-corrected chi connectivity index (χ4v) is 3.17. The SMILES string of the molecule is CCCNc1ccc(NS(=O)(=O)c2cc(C)ccc2OC)nn1. The molecular weight excluding hydrogens is 316 g/mol. The lowest BCUT2D eigenvalue weighted by molar-refractivity contribution is 0.402. The second-order valence-corrected chi connectivity index (χ2v) is 6.64. The summed E-state index contributed by atoms with van der Waals surface area (Å²) in [7, 11) is -2.38. The zero-order chi connectivity index (χ0) is 16.9. The normalized spacial score (nSPS) is 11.1. The minimum Gasteiger partial charge on any atom is -0.495 e. The van der Waals surface area contributed by atoms with Crippen LogP contribution >= 0.6 is 0 Å². The lowest BCUT2D eigenvalue weighted by Crippen LogP contribution is -2.16. The van der Waals surface area contributed by atoms with Gasteiger partial charge in [-0.2, -0.15) is 0 Å². The Morgan fingerprint density at radius 3 is 2.43 bits per heavy atom. The van der Waals surface area contributed by atoms with E-state index in [0.29, 0.717) is 5.82 Å². The van der Waals surface area contributed by atoms with Crippen molar-refractivity contribution in [1.82, 2.24) is 10.2 Å². The molecule has 0 spiro atoms. The van der Waals surface area contributed by atoms with E-state index in [1.54, 1.807) is 30.3 Å². The molecule has 1 aromatic carbocycles. The molecule has 0 atom stereocenters. The molecule has 0 bridgehead atoms. The van der Waals surface area contributed by atoms with Crippen LogP contribution in [0.25, 0.3) is 0 Å². The maximum Gasteiger partial charge on any atom is 0.266 e. The van der Waals surface area contributed by atoms with Crippen molar-refractivity contribution in [3.05, 3.63) is 35.9 Å². The summed E-state index contributed by atoms with van der Waals surface area (Å²) in [6, 6.07) is 8.18. The van der Waals surface area contributed by atoms with Gasteiger partial charge in [0.2, 0.25) is 0 Å². The molecule has 0 aliphatic rings. The van der Waals surface area contributed by atoms with Crippen LogP contribution in [0.4, 0.5) is 11.6 Å². The summed E-state index contributed by atoms with van der Waals surface area (Å²) in [5.74, 6) is 1.02. The van der Waals surface area contributed by atoms with Crippen LogP contribution in [0.1, 0.15) is 18.9 Å². The molecule has 0 unspecified atom stereocenters.